The predicted octanol–water partition coefficient (Wildman–Crippen LogP) is -1.21. The first-order valence-electron chi connectivity index (χ1n) is 8.74. The average molecular weight is 368 g/mol. The van der Waals surface area contributed by atoms with Crippen LogP contribution in [0.2, 0.25) is 0 Å². The van der Waals surface area contributed by atoms with Gasteiger partial charge in [-0.25, -0.2) is 8.42 Å². The van der Waals surface area contributed by atoms with Gasteiger partial charge in [-0.05, 0) is 25.5 Å². The van der Waals surface area contributed by atoms with Crippen molar-refractivity contribution < 1.29 is 23.2 Å². The molecule has 7 nitrogen and oxygen atoms in total. The summed E-state index contributed by atoms with van der Waals surface area (Å²) < 4.78 is 23.0. The first-order valence-corrected chi connectivity index (χ1v) is 10.6. The molecule has 1 aromatic rings. The van der Waals surface area contributed by atoms with Crippen molar-refractivity contribution in [3.05, 3.63) is 24.3 Å². The molecule has 138 valence electrons. The van der Waals surface area contributed by atoms with Crippen molar-refractivity contribution in [1.82, 2.24) is 5.32 Å². The zero-order valence-electron chi connectivity index (χ0n) is 14.4. The zero-order chi connectivity index (χ0) is 18.0. The smallest absolute Gasteiger partial charge is 0.278 e. The number of aromatic hydroxyl groups is 1. The number of phenols is 1. The van der Waals surface area contributed by atoms with E-state index in [1.165, 1.54) is 4.90 Å². The second kappa shape index (κ2) is 7.21. The molecule has 2 atom stereocenters. The fraction of sp³-hybridized carbons (Fsp3) is 0.588. The molecule has 0 saturated carbocycles. The maximum Gasteiger partial charge on any atom is 0.278 e. The Morgan fingerprint density at radius 2 is 2.00 bits per heavy atom. The van der Waals surface area contributed by atoms with Gasteiger partial charge in [0.2, 0.25) is 0 Å². The molecule has 2 heterocycles. The van der Waals surface area contributed by atoms with Crippen LogP contribution < -0.4 is 15.1 Å². The predicted molar refractivity (Wildman–Crippen MR) is 95.7 cm³/mol. The molecule has 2 fully saturated rings. The van der Waals surface area contributed by atoms with Gasteiger partial charge in [0.25, 0.3) is 5.91 Å². The van der Waals surface area contributed by atoms with Crippen molar-refractivity contribution in [2.45, 2.75) is 25.4 Å². The van der Waals surface area contributed by atoms with Crippen LogP contribution in [0.1, 0.15) is 13.3 Å². The Hall–Kier alpha value is -1.80. The Bertz CT molecular complexity index is 729. The van der Waals surface area contributed by atoms with E-state index in [0.717, 1.165) is 31.9 Å². The highest BCUT2D eigenvalue weighted by Gasteiger charge is 2.34. The van der Waals surface area contributed by atoms with E-state index in [1.54, 1.807) is 12.1 Å². The van der Waals surface area contributed by atoms with Gasteiger partial charge in [0, 0.05) is 6.04 Å². The number of nitrogens with zero attached hydrogens (tertiary/aromatic N) is 1. The number of carbonyl (C=O) groups is 1. The van der Waals surface area contributed by atoms with Gasteiger partial charge in [-0.2, -0.15) is 0 Å². The van der Waals surface area contributed by atoms with Crippen LogP contribution in [-0.4, -0.2) is 69.2 Å². The van der Waals surface area contributed by atoms with Crippen LogP contribution in [0.15, 0.2) is 24.3 Å². The van der Waals surface area contributed by atoms with E-state index in [1.807, 2.05) is 19.1 Å². The number of benzene rings is 1. The van der Waals surface area contributed by atoms with E-state index in [4.69, 9.17) is 0 Å². The molecule has 2 aliphatic rings. The Morgan fingerprint density at radius 1 is 1.32 bits per heavy atom. The van der Waals surface area contributed by atoms with Gasteiger partial charge in [0.15, 0.2) is 15.9 Å². The summed E-state index contributed by atoms with van der Waals surface area (Å²) in [7, 11) is -2.99. The van der Waals surface area contributed by atoms with E-state index in [2.05, 4.69) is 10.2 Å². The minimum absolute atomic E-state index is 0.0574. The summed E-state index contributed by atoms with van der Waals surface area (Å²) in [6.07, 6.45) is 0.511. The summed E-state index contributed by atoms with van der Waals surface area (Å²) >= 11 is 0. The van der Waals surface area contributed by atoms with E-state index in [9.17, 15) is 18.3 Å². The van der Waals surface area contributed by atoms with E-state index in [0.29, 0.717) is 6.42 Å². The van der Waals surface area contributed by atoms with Gasteiger partial charge >= 0.3 is 0 Å². The second-order valence-electron chi connectivity index (χ2n) is 6.96. The lowest BCUT2D eigenvalue weighted by molar-refractivity contribution is -0.914. The monoisotopic (exact) mass is 368 g/mol. The molecule has 0 aliphatic carbocycles. The number of hydrogen-bond donors (Lipinski definition) is 3. The number of rotatable bonds is 4. The molecule has 8 heteroatoms. The quantitative estimate of drug-likeness (QED) is 0.620. The lowest BCUT2D eigenvalue weighted by Gasteiger charge is -2.36. The second-order valence-corrected chi connectivity index (χ2v) is 9.19. The first kappa shape index (κ1) is 18.0. The summed E-state index contributed by atoms with van der Waals surface area (Å²) in [5.74, 6) is 0.424. The fourth-order valence-corrected chi connectivity index (χ4v) is 5.29. The molecule has 1 aromatic carbocycles. The Balaban J connectivity index is 1.52. The molecule has 25 heavy (non-hydrogen) atoms. The molecule has 0 aromatic heterocycles. The van der Waals surface area contributed by atoms with Gasteiger partial charge in [-0.1, -0.05) is 12.1 Å². The molecule has 2 saturated heterocycles. The number of piperazine rings is 1. The van der Waals surface area contributed by atoms with Crippen molar-refractivity contribution in [2.75, 3.05) is 42.6 Å². The van der Waals surface area contributed by atoms with Crippen molar-refractivity contribution in [3.8, 4) is 5.75 Å². The number of phenolic OH excluding ortho intramolecular Hbond substituents is 1. The molecule has 0 bridgehead atoms. The number of nitrogens with one attached hydrogen (secondary N) is 2. The van der Waals surface area contributed by atoms with Gasteiger partial charge in [0.05, 0.1) is 43.4 Å². The molecule has 0 unspecified atom stereocenters. The van der Waals surface area contributed by atoms with Crippen LogP contribution in [0.4, 0.5) is 5.69 Å². The van der Waals surface area contributed by atoms with Gasteiger partial charge in [-0.15, -0.1) is 0 Å². The summed E-state index contributed by atoms with van der Waals surface area (Å²) in [6, 6.07) is 6.82. The Labute approximate surface area is 148 Å². The van der Waals surface area contributed by atoms with Crippen LogP contribution in [0, 0.1) is 0 Å². The standard InChI is InChI=1S/C17H25N3O4S/c1-13(17(22)18-14-6-11-25(23,24)12-14)19-7-9-20(10-8-19)15-4-2-3-5-16(15)21/h2-5,13-14,21H,6-12H2,1H3,(H,18,22)/p+1/t13-,14-/m0/s1. The number of quaternary nitrogens is 1. The summed E-state index contributed by atoms with van der Waals surface area (Å²) in [5.41, 5.74) is 0.829. The highest BCUT2D eigenvalue weighted by molar-refractivity contribution is 7.91. The van der Waals surface area contributed by atoms with Gasteiger partial charge < -0.3 is 20.2 Å². The third-order valence-electron chi connectivity index (χ3n) is 5.21. The maximum absolute atomic E-state index is 12.4. The van der Waals surface area contributed by atoms with Crippen LogP contribution in [0.25, 0.3) is 0 Å². The van der Waals surface area contributed by atoms with Crippen molar-refractivity contribution in [1.29, 1.82) is 0 Å². The molecule has 0 radical (unpaired) electrons. The zero-order valence-corrected chi connectivity index (χ0v) is 15.3. The molecule has 3 rings (SSSR count). The molecule has 0 spiro atoms. The topological polar surface area (TPSA) is 91.2 Å². The number of para-hydroxylation sites is 2. The van der Waals surface area contributed by atoms with E-state index >= 15 is 0 Å². The van der Waals surface area contributed by atoms with Crippen molar-refractivity contribution >= 4 is 21.4 Å². The van der Waals surface area contributed by atoms with E-state index < -0.39 is 9.84 Å². The largest absolute Gasteiger partial charge is 0.506 e. The minimum Gasteiger partial charge on any atom is -0.506 e. The van der Waals surface area contributed by atoms with E-state index in [-0.39, 0.29) is 35.2 Å². The number of sulfone groups is 1. The third kappa shape index (κ3) is 4.24. The highest BCUT2D eigenvalue weighted by Crippen LogP contribution is 2.26. The SMILES string of the molecule is C[C@@H](C(=O)N[C@H]1CCS(=O)(=O)C1)[NH+]1CCN(c2ccccc2O)CC1. The lowest BCUT2D eigenvalue weighted by atomic mass is 10.1. The van der Waals surface area contributed by atoms with Crippen molar-refractivity contribution in [3.63, 3.8) is 0 Å². The molecule has 2 aliphatic heterocycles. The summed E-state index contributed by atoms with van der Waals surface area (Å²) in [4.78, 5) is 15.8. The molecule has 1 amide bonds. The first-order chi connectivity index (χ1) is 11.9. The highest BCUT2D eigenvalue weighted by atomic mass is 32.2. The van der Waals surface area contributed by atoms with Crippen LogP contribution in [0.3, 0.4) is 0 Å². The molecular formula is C17H26N3O4S+. The van der Waals surface area contributed by atoms with Gasteiger partial charge in [-0.3, -0.25) is 4.79 Å². The summed E-state index contributed by atoms with van der Waals surface area (Å²) in [5, 5.41) is 12.9. The van der Waals surface area contributed by atoms with Crippen LogP contribution >= 0.6 is 0 Å². The van der Waals surface area contributed by atoms with Gasteiger partial charge in [0.1, 0.15) is 5.75 Å². The number of carbonyl (C=O) groups excluding carboxylic acids is 1. The Kier molecular flexibility index (Phi) is 5.19. The summed E-state index contributed by atoms with van der Waals surface area (Å²) in [6.45, 7) is 5.02. The number of amides is 1. The van der Waals surface area contributed by atoms with Crippen molar-refractivity contribution in [2.24, 2.45) is 0 Å². The molecule has 3 N–H and O–H groups in total. The van der Waals surface area contributed by atoms with Crippen LogP contribution in [0.5, 0.6) is 5.75 Å². The fourth-order valence-electron chi connectivity index (χ4n) is 3.62. The number of anilines is 1. The Morgan fingerprint density at radius 3 is 2.60 bits per heavy atom. The average Bonchev–Trinajstić information content (AvgIpc) is 2.93. The maximum atomic E-state index is 12.4. The molecular weight excluding hydrogens is 342 g/mol. The lowest BCUT2D eigenvalue weighted by Crippen LogP contribution is -3.19. The minimum atomic E-state index is -2.99. The van der Waals surface area contributed by atoms with Crippen LogP contribution in [-0.2, 0) is 14.6 Å². The normalized spacial score (nSPS) is 24.8. The number of hydrogen-bond acceptors (Lipinski definition) is 5. The third-order valence-corrected chi connectivity index (χ3v) is 6.98.